The molecule has 0 aliphatic heterocycles. The first-order valence-electron chi connectivity index (χ1n) is 6.31. The highest BCUT2D eigenvalue weighted by molar-refractivity contribution is 9.10. The van der Waals surface area contributed by atoms with Gasteiger partial charge in [0.15, 0.2) is 0 Å². The normalized spacial score (nSPS) is 12.8. The van der Waals surface area contributed by atoms with Gasteiger partial charge in [-0.25, -0.2) is 9.50 Å². The maximum Gasteiger partial charge on any atom is 0.291 e. The minimum Gasteiger partial charge on any atom is -0.396 e. The van der Waals surface area contributed by atoms with E-state index in [0.29, 0.717) is 12.2 Å². The molecule has 2 N–H and O–H groups in total. The molecule has 0 radical (unpaired) electrons. The fourth-order valence-electron chi connectivity index (χ4n) is 1.80. The first-order valence-corrected chi connectivity index (χ1v) is 7.10. The van der Waals surface area contributed by atoms with E-state index in [9.17, 15) is 4.79 Å². The maximum atomic E-state index is 12.1. The van der Waals surface area contributed by atoms with Crippen LogP contribution in [0.25, 0.3) is 5.78 Å². The van der Waals surface area contributed by atoms with E-state index in [1.807, 2.05) is 13.8 Å². The highest BCUT2D eigenvalue weighted by Crippen LogP contribution is 2.09. The monoisotopic (exact) mass is 341 g/mol. The first kappa shape index (κ1) is 14.9. The van der Waals surface area contributed by atoms with E-state index in [4.69, 9.17) is 5.11 Å². The van der Waals surface area contributed by atoms with Crippen molar-refractivity contribution >= 4 is 27.6 Å². The third kappa shape index (κ3) is 3.31. The fourth-order valence-corrected chi connectivity index (χ4v) is 2.10. The van der Waals surface area contributed by atoms with Gasteiger partial charge in [-0.15, -0.1) is 5.10 Å². The summed E-state index contributed by atoms with van der Waals surface area (Å²) in [5, 5.41) is 15.9. The molecule has 108 valence electrons. The van der Waals surface area contributed by atoms with Gasteiger partial charge in [0.1, 0.15) is 0 Å². The molecule has 2 aromatic rings. The molecule has 1 unspecified atom stereocenters. The Morgan fingerprint density at radius 3 is 2.95 bits per heavy atom. The summed E-state index contributed by atoms with van der Waals surface area (Å²) in [7, 11) is 0. The van der Waals surface area contributed by atoms with Gasteiger partial charge in [-0.2, -0.15) is 4.98 Å². The second-order valence-electron chi connectivity index (χ2n) is 4.79. The predicted molar refractivity (Wildman–Crippen MR) is 76.3 cm³/mol. The molecule has 0 saturated heterocycles. The molecule has 0 aliphatic carbocycles. The molecule has 2 aromatic heterocycles. The maximum absolute atomic E-state index is 12.1. The number of fused-ring (bicyclic) bond motifs is 1. The number of rotatable bonds is 5. The second kappa shape index (κ2) is 6.27. The number of hydrogen-bond acceptors (Lipinski definition) is 5. The van der Waals surface area contributed by atoms with Gasteiger partial charge in [-0.05, 0) is 28.3 Å². The van der Waals surface area contributed by atoms with E-state index >= 15 is 0 Å². The molecule has 7 nitrogen and oxygen atoms in total. The van der Waals surface area contributed by atoms with Crippen LogP contribution in [0, 0.1) is 5.92 Å². The van der Waals surface area contributed by atoms with E-state index < -0.39 is 0 Å². The van der Waals surface area contributed by atoms with E-state index in [1.54, 1.807) is 12.4 Å². The zero-order valence-electron chi connectivity index (χ0n) is 11.2. The Hall–Kier alpha value is -1.54. The van der Waals surface area contributed by atoms with E-state index in [-0.39, 0.29) is 30.3 Å². The Balaban J connectivity index is 2.18. The third-order valence-electron chi connectivity index (χ3n) is 2.93. The van der Waals surface area contributed by atoms with Gasteiger partial charge in [0.05, 0.1) is 4.47 Å². The Bertz CT molecular complexity index is 613. The number of carbonyl (C=O) groups excluding carboxylic acids is 1. The first-order chi connectivity index (χ1) is 9.51. The fraction of sp³-hybridized carbons (Fsp3) is 0.500. The molecule has 0 aliphatic rings. The molecule has 8 heteroatoms. The molecular weight excluding hydrogens is 326 g/mol. The average molecular weight is 342 g/mol. The van der Waals surface area contributed by atoms with Crippen LogP contribution in [0.2, 0.25) is 0 Å². The minimum absolute atomic E-state index is 0.0240. The molecule has 0 saturated carbocycles. The minimum atomic E-state index is -0.362. The molecule has 2 heterocycles. The molecule has 1 atom stereocenters. The zero-order chi connectivity index (χ0) is 14.7. The standard InChI is InChI=1S/C12H16BrN5O2/c1-7(2)9(3-4-19)15-11(20)10-16-12-14-5-8(13)6-18(12)17-10/h5-7,9,19H,3-4H2,1-2H3,(H,15,20). The van der Waals surface area contributed by atoms with Crippen LogP contribution < -0.4 is 5.32 Å². The smallest absolute Gasteiger partial charge is 0.291 e. The number of halogens is 1. The van der Waals surface area contributed by atoms with Crippen molar-refractivity contribution < 1.29 is 9.90 Å². The number of amides is 1. The second-order valence-corrected chi connectivity index (χ2v) is 5.70. The lowest BCUT2D eigenvalue weighted by Gasteiger charge is -2.20. The number of carbonyl (C=O) groups is 1. The lowest BCUT2D eigenvalue weighted by Crippen LogP contribution is -2.39. The van der Waals surface area contributed by atoms with Gasteiger partial charge in [-0.1, -0.05) is 13.8 Å². The Labute approximate surface area is 124 Å². The van der Waals surface area contributed by atoms with Crippen LogP contribution >= 0.6 is 15.9 Å². The average Bonchev–Trinajstić information content (AvgIpc) is 2.80. The van der Waals surface area contributed by atoms with E-state index in [0.717, 1.165) is 4.47 Å². The highest BCUT2D eigenvalue weighted by atomic mass is 79.9. The lowest BCUT2D eigenvalue weighted by atomic mass is 10.0. The molecule has 0 aromatic carbocycles. The molecule has 2 rings (SSSR count). The SMILES string of the molecule is CC(C)C(CCO)NC(=O)c1nc2ncc(Br)cn2n1. The number of aromatic nitrogens is 4. The van der Waals surface area contributed by atoms with Crippen LogP contribution in [-0.2, 0) is 0 Å². The number of nitrogens with zero attached hydrogens (tertiary/aromatic N) is 4. The highest BCUT2D eigenvalue weighted by Gasteiger charge is 2.20. The van der Waals surface area contributed by atoms with Crippen molar-refractivity contribution in [2.75, 3.05) is 6.61 Å². The number of aliphatic hydroxyl groups is 1. The Morgan fingerprint density at radius 2 is 2.30 bits per heavy atom. The van der Waals surface area contributed by atoms with Gasteiger partial charge in [0, 0.05) is 25.0 Å². The number of hydrogen-bond donors (Lipinski definition) is 2. The summed E-state index contributed by atoms with van der Waals surface area (Å²) in [5.41, 5.74) is 0. The number of nitrogens with one attached hydrogen (secondary N) is 1. The van der Waals surface area contributed by atoms with Gasteiger partial charge < -0.3 is 10.4 Å². The molecule has 20 heavy (non-hydrogen) atoms. The zero-order valence-corrected chi connectivity index (χ0v) is 12.8. The molecule has 0 bridgehead atoms. The van der Waals surface area contributed by atoms with Gasteiger partial charge >= 0.3 is 0 Å². The van der Waals surface area contributed by atoms with Crippen LogP contribution in [0.1, 0.15) is 30.9 Å². The Kier molecular flexibility index (Phi) is 4.66. The van der Waals surface area contributed by atoms with Crippen LogP contribution in [0.5, 0.6) is 0 Å². The van der Waals surface area contributed by atoms with Crippen molar-refractivity contribution in [2.24, 2.45) is 5.92 Å². The summed E-state index contributed by atoms with van der Waals surface area (Å²) >= 11 is 3.28. The summed E-state index contributed by atoms with van der Waals surface area (Å²) in [6, 6.07) is -0.112. The van der Waals surface area contributed by atoms with Crippen molar-refractivity contribution in [3.05, 3.63) is 22.7 Å². The summed E-state index contributed by atoms with van der Waals surface area (Å²) in [5.74, 6) is 0.287. The van der Waals surface area contributed by atoms with Crippen molar-refractivity contribution in [1.82, 2.24) is 24.9 Å². The molecular formula is C12H16BrN5O2. The van der Waals surface area contributed by atoms with Crippen molar-refractivity contribution in [3.63, 3.8) is 0 Å². The largest absolute Gasteiger partial charge is 0.396 e. The lowest BCUT2D eigenvalue weighted by molar-refractivity contribution is 0.0906. The predicted octanol–water partition coefficient (Wildman–Crippen LogP) is 1.02. The topological polar surface area (TPSA) is 92.4 Å². The summed E-state index contributed by atoms with van der Waals surface area (Å²) in [4.78, 5) is 20.2. The third-order valence-corrected chi connectivity index (χ3v) is 3.34. The summed E-state index contributed by atoms with van der Waals surface area (Å²) in [6.45, 7) is 3.99. The van der Waals surface area contributed by atoms with Crippen LogP contribution in [0.4, 0.5) is 0 Å². The van der Waals surface area contributed by atoms with Crippen LogP contribution in [0.15, 0.2) is 16.9 Å². The van der Waals surface area contributed by atoms with Crippen molar-refractivity contribution in [2.45, 2.75) is 26.3 Å². The molecule has 0 fully saturated rings. The Morgan fingerprint density at radius 1 is 1.55 bits per heavy atom. The van der Waals surface area contributed by atoms with Gasteiger partial charge in [0.25, 0.3) is 11.7 Å². The number of aliphatic hydroxyl groups excluding tert-OH is 1. The summed E-state index contributed by atoms with van der Waals surface area (Å²) in [6.07, 6.45) is 3.77. The quantitative estimate of drug-likeness (QED) is 0.847. The van der Waals surface area contributed by atoms with Gasteiger partial charge in [-0.3, -0.25) is 4.79 Å². The molecule has 1 amide bonds. The molecule has 0 spiro atoms. The van der Waals surface area contributed by atoms with Crippen molar-refractivity contribution in [1.29, 1.82) is 0 Å². The van der Waals surface area contributed by atoms with Gasteiger partial charge in [0.2, 0.25) is 5.82 Å². The van der Waals surface area contributed by atoms with Crippen LogP contribution in [0.3, 0.4) is 0 Å². The van der Waals surface area contributed by atoms with Crippen LogP contribution in [-0.4, -0.2) is 43.2 Å². The summed E-state index contributed by atoms with van der Waals surface area (Å²) < 4.78 is 2.19. The van der Waals surface area contributed by atoms with E-state index in [1.165, 1.54) is 4.52 Å². The van der Waals surface area contributed by atoms with E-state index in [2.05, 4.69) is 36.3 Å². The van der Waals surface area contributed by atoms with Crippen molar-refractivity contribution in [3.8, 4) is 0 Å².